The van der Waals surface area contributed by atoms with E-state index in [4.69, 9.17) is 10.5 Å². The second-order valence-corrected chi connectivity index (χ2v) is 6.22. The third-order valence-corrected chi connectivity index (χ3v) is 4.16. The van der Waals surface area contributed by atoms with Crippen molar-refractivity contribution in [3.8, 4) is 5.75 Å². The van der Waals surface area contributed by atoms with E-state index in [1.54, 1.807) is 0 Å². The molecule has 1 heterocycles. The Bertz CT molecular complexity index is 433. The number of nitrogen functional groups attached to an aromatic ring is 1. The van der Waals surface area contributed by atoms with E-state index in [1.807, 2.05) is 12.1 Å². The van der Waals surface area contributed by atoms with Crippen molar-refractivity contribution in [2.24, 2.45) is 0 Å². The highest BCUT2D eigenvalue weighted by molar-refractivity contribution is 5.65. The van der Waals surface area contributed by atoms with E-state index < -0.39 is 0 Å². The van der Waals surface area contributed by atoms with Crippen LogP contribution in [-0.4, -0.2) is 19.2 Å². The highest BCUT2D eigenvalue weighted by Gasteiger charge is 2.22. The van der Waals surface area contributed by atoms with Gasteiger partial charge in [-0.05, 0) is 25.5 Å². The van der Waals surface area contributed by atoms with Gasteiger partial charge < -0.3 is 15.4 Å². The van der Waals surface area contributed by atoms with E-state index in [9.17, 15) is 0 Å². The second kappa shape index (κ2) is 8.16. The maximum absolute atomic E-state index is 5.89. The molecule has 0 aliphatic carbocycles. The zero-order valence-corrected chi connectivity index (χ0v) is 13.6. The summed E-state index contributed by atoms with van der Waals surface area (Å²) >= 11 is 0. The van der Waals surface area contributed by atoms with Crippen molar-refractivity contribution in [3.05, 3.63) is 18.2 Å². The van der Waals surface area contributed by atoms with E-state index in [2.05, 4.69) is 24.8 Å². The van der Waals surface area contributed by atoms with E-state index in [1.165, 1.54) is 50.6 Å². The van der Waals surface area contributed by atoms with Crippen LogP contribution in [0.3, 0.4) is 0 Å². The number of hydrogen-bond acceptors (Lipinski definition) is 3. The van der Waals surface area contributed by atoms with Crippen molar-refractivity contribution in [3.63, 3.8) is 0 Å². The van der Waals surface area contributed by atoms with Crippen LogP contribution in [0, 0.1) is 0 Å². The summed E-state index contributed by atoms with van der Waals surface area (Å²) < 4.78 is 5.89. The van der Waals surface area contributed by atoms with Gasteiger partial charge in [-0.1, -0.05) is 45.4 Å². The van der Waals surface area contributed by atoms with Gasteiger partial charge in [-0.2, -0.15) is 0 Å². The Labute approximate surface area is 129 Å². The van der Waals surface area contributed by atoms with Gasteiger partial charge in [0, 0.05) is 18.3 Å². The zero-order chi connectivity index (χ0) is 15.1. The van der Waals surface area contributed by atoms with Crippen molar-refractivity contribution < 1.29 is 4.74 Å². The zero-order valence-electron chi connectivity index (χ0n) is 13.6. The first-order valence-electron chi connectivity index (χ1n) is 8.52. The number of fused-ring (bicyclic) bond motifs is 1. The Morgan fingerprint density at radius 2 is 1.86 bits per heavy atom. The van der Waals surface area contributed by atoms with Crippen LogP contribution in [-0.2, 0) is 0 Å². The molecule has 21 heavy (non-hydrogen) atoms. The number of rotatable bonds is 8. The second-order valence-electron chi connectivity index (χ2n) is 6.22. The lowest BCUT2D eigenvalue weighted by molar-refractivity contribution is 0.212. The van der Waals surface area contributed by atoms with E-state index in [0.717, 1.165) is 24.5 Å². The molecule has 3 nitrogen and oxygen atoms in total. The van der Waals surface area contributed by atoms with Gasteiger partial charge in [0.05, 0.1) is 12.2 Å². The summed E-state index contributed by atoms with van der Waals surface area (Å²) in [7, 11) is 0. The van der Waals surface area contributed by atoms with Crippen molar-refractivity contribution in [2.75, 3.05) is 23.7 Å². The summed E-state index contributed by atoms with van der Waals surface area (Å²) in [6, 6.07) is 6.01. The molecule has 0 bridgehead atoms. The average molecular weight is 290 g/mol. The molecule has 0 radical (unpaired) electrons. The minimum absolute atomic E-state index is 0.240. The molecular formula is C18H30N2O. The average Bonchev–Trinajstić information content (AvgIpc) is 2.45. The number of nitrogens with zero attached hydrogens (tertiary/aromatic N) is 1. The summed E-state index contributed by atoms with van der Waals surface area (Å²) in [6.07, 6.45) is 9.70. The van der Waals surface area contributed by atoms with Crippen molar-refractivity contribution in [2.45, 2.75) is 64.9 Å². The molecule has 2 rings (SSSR count). The first-order chi connectivity index (χ1) is 10.2. The quantitative estimate of drug-likeness (QED) is 0.561. The third-order valence-electron chi connectivity index (χ3n) is 4.16. The molecule has 0 spiro atoms. The largest absolute Gasteiger partial charge is 0.487 e. The highest BCUT2D eigenvalue weighted by atomic mass is 16.5. The molecule has 2 N–H and O–H groups in total. The van der Waals surface area contributed by atoms with Gasteiger partial charge in [0.2, 0.25) is 0 Å². The van der Waals surface area contributed by atoms with Crippen molar-refractivity contribution in [1.29, 1.82) is 0 Å². The lowest BCUT2D eigenvalue weighted by atomic mass is 10.1. The third kappa shape index (κ3) is 4.83. The Morgan fingerprint density at radius 1 is 1.14 bits per heavy atom. The number of hydrogen-bond donors (Lipinski definition) is 1. The predicted molar refractivity (Wildman–Crippen MR) is 91.2 cm³/mol. The first-order valence-corrected chi connectivity index (χ1v) is 8.52. The standard InChI is InChI=1S/C18H30N2O/c1-3-4-5-6-7-8-9-12-20-14-15(2)21-18-13-16(19)10-11-17(18)20/h10-11,13,15H,3-9,12,14,19H2,1-2H3. The highest BCUT2D eigenvalue weighted by Crippen LogP contribution is 2.35. The number of anilines is 2. The summed E-state index contributed by atoms with van der Waals surface area (Å²) in [6.45, 7) is 6.50. The molecule has 1 atom stereocenters. The molecule has 118 valence electrons. The Morgan fingerprint density at radius 3 is 2.62 bits per heavy atom. The lowest BCUT2D eigenvalue weighted by Gasteiger charge is -2.35. The number of ether oxygens (including phenoxy) is 1. The van der Waals surface area contributed by atoms with Crippen LogP contribution in [0.15, 0.2) is 18.2 Å². The van der Waals surface area contributed by atoms with E-state index in [-0.39, 0.29) is 6.10 Å². The van der Waals surface area contributed by atoms with Crippen LogP contribution >= 0.6 is 0 Å². The number of benzene rings is 1. The monoisotopic (exact) mass is 290 g/mol. The number of nitrogens with two attached hydrogens (primary N) is 1. The normalized spacial score (nSPS) is 17.4. The first kappa shape index (κ1) is 16.0. The maximum Gasteiger partial charge on any atom is 0.145 e. The van der Waals surface area contributed by atoms with Crippen LogP contribution in [0.25, 0.3) is 0 Å². The molecule has 0 aromatic heterocycles. The molecule has 3 heteroatoms. The fraction of sp³-hybridized carbons (Fsp3) is 0.667. The van der Waals surface area contributed by atoms with Gasteiger partial charge >= 0.3 is 0 Å². The smallest absolute Gasteiger partial charge is 0.145 e. The minimum Gasteiger partial charge on any atom is -0.487 e. The fourth-order valence-electron chi connectivity index (χ4n) is 3.02. The van der Waals surface area contributed by atoms with Gasteiger partial charge in [-0.3, -0.25) is 0 Å². The van der Waals surface area contributed by atoms with Crippen LogP contribution in [0.5, 0.6) is 5.75 Å². The number of unbranched alkanes of at least 4 members (excludes halogenated alkanes) is 6. The molecule has 0 saturated carbocycles. The van der Waals surface area contributed by atoms with Crippen molar-refractivity contribution >= 4 is 11.4 Å². The molecule has 1 aliphatic rings. The predicted octanol–water partition coefficient (Wildman–Crippen LogP) is 4.61. The van der Waals surface area contributed by atoms with Crippen LogP contribution in [0.2, 0.25) is 0 Å². The Kier molecular flexibility index (Phi) is 6.21. The van der Waals surface area contributed by atoms with Crippen LogP contribution in [0.4, 0.5) is 11.4 Å². The summed E-state index contributed by atoms with van der Waals surface area (Å²) in [5.41, 5.74) is 7.83. The Hall–Kier alpha value is -1.38. The van der Waals surface area contributed by atoms with E-state index in [0.29, 0.717) is 0 Å². The molecular weight excluding hydrogens is 260 g/mol. The van der Waals surface area contributed by atoms with E-state index >= 15 is 0 Å². The van der Waals surface area contributed by atoms with Gasteiger partial charge in [-0.15, -0.1) is 0 Å². The molecule has 1 aromatic carbocycles. The maximum atomic E-state index is 5.89. The molecule has 1 unspecified atom stereocenters. The minimum atomic E-state index is 0.240. The van der Waals surface area contributed by atoms with Gasteiger partial charge in [0.25, 0.3) is 0 Å². The van der Waals surface area contributed by atoms with Crippen LogP contribution in [0.1, 0.15) is 58.8 Å². The van der Waals surface area contributed by atoms with Gasteiger partial charge in [0.1, 0.15) is 11.9 Å². The molecule has 0 saturated heterocycles. The Balaban J connectivity index is 1.79. The summed E-state index contributed by atoms with van der Waals surface area (Å²) in [4.78, 5) is 2.45. The molecule has 1 aliphatic heterocycles. The summed E-state index contributed by atoms with van der Waals surface area (Å²) in [5, 5.41) is 0. The lowest BCUT2D eigenvalue weighted by Crippen LogP contribution is -2.39. The molecule has 0 amide bonds. The van der Waals surface area contributed by atoms with Crippen LogP contribution < -0.4 is 15.4 Å². The van der Waals surface area contributed by atoms with Gasteiger partial charge in [-0.25, -0.2) is 0 Å². The fourth-order valence-corrected chi connectivity index (χ4v) is 3.02. The molecule has 1 aromatic rings. The van der Waals surface area contributed by atoms with Crippen molar-refractivity contribution in [1.82, 2.24) is 0 Å². The summed E-state index contributed by atoms with van der Waals surface area (Å²) in [5.74, 6) is 0.941. The molecule has 0 fully saturated rings. The topological polar surface area (TPSA) is 38.5 Å². The SMILES string of the molecule is CCCCCCCCCN1CC(C)Oc2cc(N)ccc21. The van der Waals surface area contributed by atoms with Gasteiger partial charge in [0.15, 0.2) is 0 Å².